The molecule has 1 saturated heterocycles. The van der Waals surface area contributed by atoms with Crippen LogP contribution in [0.1, 0.15) is 39.5 Å². The summed E-state index contributed by atoms with van der Waals surface area (Å²) in [4.78, 5) is 15.1. The van der Waals surface area contributed by atoms with Crippen molar-refractivity contribution in [2.75, 3.05) is 25.6 Å². The number of carbonyl (C=O) groups is 1. The van der Waals surface area contributed by atoms with Gasteiger partial charge >= 0.3 is 0 Å². The minimum absolute atomic E-state index is 0.0230. The topological polar surface area (TPSA) is 61.8 Å². The summed E-state index contributed by atoms with van der Waals surface area (Å²) in [5.74, 6) is 6.28. The summed E-state index contributed by atoms with van der Waals surface area (Å²) in [5, 5.41) is 13.4. The van der Waals surface area contributed by atoms with Crippen LogP contribution in [0.4, 0.5) is 10.1 Å². The molecule has 1 amide bonds. The Morgan fingerprint density at radius 3 is 2.68 bits per heavy atom. The Morgan fingerprint density at radius 1 is 1.12 bits per heavy atom. The molecule has 0 bridgehead atoms. The van der Waals surface area contributed by atoms with Gasteiger partial charge in [-0.1, -0.05) is 30.0 Å². The molecule has 0 saturated carbocycles. The van der Waals surface area contributed by atoms with E-state index in [-0.39, 0.29) is 36.1 Å². The third kappa shape index (κ3) is 4.00. The summed E-state index contributed by atoms with van der Waals surface area (Å²) >= 11 is 0. The number of benzene rings is 3. The van der Waals surface area contributed by atoms with Crippen LogP contribution in [0.25, 0.3) is 0 Å². The van der Waals surface area contributed by atoms with Crippen molar-refractivity contribution in [2.45, 2.75) is 18.5 Å². The van der Waals surface area contributed by atoms with Gasteiger partial charge in [0.1, 0.15) is 11.6 Å². The molecule has 2 aliphatic rings. The van der Waals surface area contributed by atoms with Gasteiger partial charge in [-0.3, -0.25) is 4.79 Å². The lowest BCUT2D eigenvalue weighted by molar-refractivity contribution is 0.0696. The smallest absolute Gasteiger partial charge is 0.257 e. The average Bonchev–Trinajstić information content (AvgIpc) is 3.32. The van der Waals surface area contributed by atoms with Crippen LogP contribution in [0.15, 0.2) is 66.7 Å². The van der Waals surface area contributed by atoms with E-state index in [0.29, 0.717) is 6.54 Å². The number of amides is 1. The average molecular weight is 457 g/mol. The number of methoxy groups -OCH3 is 1. The normalized spacial score (nSPS) is 20.4. The lowest BCUT2D eigenvalue weighted by Gasteiger charge is -2.39. The van der Waals surface area contributed by atoms with Crippen molar-refractivity contribution in [3.8, 4) is 17.6 Å². The van der Waals surface area contributed by atoms with E-state index in [1.807, 2.05) is 42.5 Å². The van der Waals surface area contributed by atoms with Crippen LogP contribution in [0.2, 0.25) is 0 Å². The van der Waals surface area contributed by atoms with Gasteiger partial charge in [0.25, 0.3) is 5.91 Å². The van der Waals surface area contributed by atoms with Crippen molar-refractivity contribution >= 4 is 11.6 Å². The molecule has 0 spiro atoms. The highest BCUT2D eigenvalue weighted by Crippen LogP contribution is 2.47. The van der Waals surface area contributed by atoms with E-state index >= 15 is 0 Å². The zero-order chi connectivity index (χ0) is 23.7. The summed E-state index contributed by atoms with van der Waals surface area (Å²) in [5.41, 5.74) is 3.52. The van der Waals surface area contributed by atoms with E-state index in [1.165, 1.54) is 12.1 Å². The molecule has 1 fully saturated rings. The monoisotopic (exact) mass is 456 g/mol. The molecule has 0 unspecified atom stereocenters. The Labute approximate surface area is 198 Å². The largest absolute Gasteiger partial charge is 0.497 e. The number of aliphatic hydroxyl groups excluding tert-OH is 1. The lowest BCUT2D eigenvalue weighted by Crippen LogP contribution is -2.43. The van der Waals surface area contributed by atoms with E-state index in [2.05, 4.69) is 17.2 Å². The fraction of sp³-hybridized carbons (Fsp3) is 0.250. The zero-order valence-electron chi connectivity index (χ0n) is 18.8. The van der Waals surface area contributed by atoms with Crippen LogP contribution < -0.4 is 10.1 Å². The van der Waals surface area contributed by atoms with Gasteiger partial charge in [0.15, 0.2) is 0 Å². The summed E-state index contributed by atoms with van der Waals surface area (Å²) in [7, 11) is 1.62. The number of likely N-dealkylation sites (tertiary alicyclic amines) is 1. The Bertz CT molecular complexity index is 1300. The maximum absolute atomic E-state index is 14.4. The first-order valence-electron chi connectivity index (χ1n) is 11.3. The quantitative estimate of drug-likeness (QED) is 0.580. The van der Waals surface area contributed by atoms with Gasteiger partial charge in [-0.25, -0.2) is 4.39 Å². The fourth-order valence-electron chi connectivity index (χ4n) is 5.00. The van der Waals surface area contributed by atoms with Crippen LogP contribution in [-0.4, -0.2) is 42.2 Å². The van der Waals surface area contributed by atoms with Crippen molar-refractivity contribution in [1.29, 1.82) is 0 Å². The molecule has 6 heteroatoms. The molecule has 5 rings (SSSR count). The Morgan fingerprint density at radius 2 is 1.91 bits per heavy atom. The molecule has 172 valence electrons. The predicted octanol–water partition coefficient (Wildman–Crippen LogP) is 4.22. The third-order valence-corrected chi connectivity index (χ3v) is 6.66. The van der Waals surface area contributed by atoms with Crippen molar-refractivity contribution in [3.05, 3.63) is 94.8 Å². The minimum Gasteiger partial charge on any atom is -0.497 e. The van der Waals surface area contributed by atoms with Gasteiger partial charge in [-0.05, 0) is 60.5 Å². The lowest BCUT2D eigenvalue weighted by atomic mass is 9.82. The number of hydrogen-bond acceptors (Lipinski definition) is 4. The molecule has 0 radical (unpaired) electrons. The van der Waals surface area contributed by atoms with Crippen molar-refractivity contribution in [1.82, 2.24) is 4.90 Å². The predicted molar refractivity (Wildman–Crippen MR) is 128 cm³/mol. The van der Waals surface area contributed by atoms with Gasteiger partial charge in [-0.2, -0.15) is 0 Å². The van der Waals surface area contributed by atoms with E-state index in [9.17, 15) is 14.3 Å². The summed E-state index contributed by atoms with van der Waals surface area (Å²) < 4.78 is 19.7. The van der Waals surface area contributed by atoms with Gasteiger partial charge in [-0.15, -0.1) is 0 Å². The number of aliphatic hydroxyl groups is 1. The van der Waals surface area contributed by atoms with Crippen LogP contribution in [0.3, 0.4) is 0 Å². The molecule has 3 aromatic rings. The molecule has 0 aromatic heterocycles. The standard InChI is InChI=1S/C28H25FN2O3/c1-34-20-6-4-5-18(15-20)9-10-19-11-12-25-23(16-19)27-22(26(17-32)30-25)13-14-31(27)28(33)21-7-2-3-8-24(21)29/h2-8,11-12,15-16,22,26-27,30,32H,13-14,17H2,1H3/t22-,26+,27-/m0/s1. The molecule has 2 N–H and O–H groups in total. The fourth-order valence-corrected chi connectivity index (χ4v) is 5.00. The number of nitrogens with zero attached hydrogens (tertiary/aromatic N) is 1. The number of ether oxygens (including phenoxy) is 1. The summed E-state index contributed by atoms with van der Waals surface area (Å²) in [6.45, 7) is 0.458. The minimum atomic E-state index is -0.526. The Kier molecular flexibility index (Phi) is 5.95. The van der Waals surface area contributed by atoms with E-state index < -0.39 is 5.82 Å². The van der Waals surface area contributed by atoms with Gasteiger partial charge in [0.2, 0.25) is 0 Å². The molecule has 2 aliphatic heterocycles. The highest BCUT2D eigenvalue weighted by molar-refractivity contribution is 5.95. The number of fused-ring (bicyclic) bond motifs is 3. The first-order valence-corrected chi connectivity index (χ1v) is 11.3. The van der Waals surface area contributed by atoms with E-state index in [1.54, 1.807) is 24.1 Å². The van der Waals surface area contributed by atoms with Crippen LogP contribution >= 0.6 is 0 Å². The summed E-state index contributed by atoms with van der Waals surface area (Å²) in [6.07, 6.45) is 0.724. The van der Waals surface area contributed by atoms with Gasteiger partial charge in [0, 0.05) is 29.3 Å². The second-order valence-corrected chi connectivity index (χ2v) is 8.59. The number of rotatable bonds is 3. The van der Waals surface area contributed by atoms with Crippen molar-refractivity contribution in [2.24, 2.45) is 5.92 Å². The van der Waals surface area contributed by atoms with Crippen LogP contribution in [0, 0.1) is 23.6 Å². The van der Waals surface area contributed by atoms with Crippen LogP contribution in [-0.2, 0) is 0 Å². The van der Waals surface area contributed by atoms with Crippen LogP contribution in [0.5, 0.6) is 5.75 Å². The third-order valence-electron chi connectivity index (χ3n) is 6.66. The maximum atomic E-state index is 14.4. The molecule has 5 nitrogen and oxygen atoms in total. The second-order valence-electron chi connectivity index (χ2n) is 8.59. The molecule has 2 heterocycles. The van der Waals surface area contributed by atoms with Crippen molar-refractivity contribution < 1.29 is 19.0 Å². The summed E-state index contributed by atoms with van der Waals surface area (Å²) in [6, 6.07) is 19.0. The zero-order valence-corrected chi connectivity index (χ0v) is 18.8. The van der Waals surface area contributed by atoms with Gasteiger partial charge < -0.3 is 20.1 Å². The first kappa shape index (κ1) is 22.0. The van der Waals surface area contributed by atoms with Crippen molar-refractivity contribution in [3.63, 3.8) is 0 Å². The molecular formula is C28H25FN2O3. The molecule has 3 atom stereocenters. The van der Waals surface area contributed by atoms with E-state index in [0.717, 1.165) is 34.5 Å². The number of halogens is 1. The highest BCUT2D eigenvalue weighted by atomic mass is 19.1. The highest BCUT2D eigenvalue weighted by Gasteiger charge is 2.46. The number of anilines is 1. The van der Waals surface area contributed by atoms with Gasteiger partial charge in [0.05, 0.1) is 31.4 Å². The Hall–Kier alpha value is -3.82. The molecule has 0 aliphatic carbocycles. The number of hydrogen-bond donors (Lipinski definition) is 2. The molecule has 34 heavy (non-hydrogen) atoms. The first-order chi connectivity index (χ1) is 16.6. The SMILES string of the molecule is COc1cccc(C#Cc2ccc3c(c2)[C@@H]2[C@@H](CCN2C(=O)c2ccccc2F)[C@@H](CO)N3)c1. The second kappa shape index (κ2) is 9.20. The maximum Gasteiger partial charge on any atom is 0.257 e. The Balaban J connectivity index is 1.52. The van der Waals surface area contributed by atoms with E-state index in [4.69, 9.17) is 4.74 Å². The molecule has 3 aromatic carbocycles. The molecular weight excluding hydrogens is 431 g/mol. The number of carbonyl (C=O) groups excluding carboxylic acids is 1. The number of nitrogens with one attached hydrogen (secondary N) is 1.